The van der Waals surface area contributed by atoms with E-state index in [0.717, 1.165) is 12.1 Å². The smallest absolute Gasteiger partial charge is 0.408 e. The molecule has 2 saturated carbocycles. The Morgan fingerprint density at radius 2 is 1.54 bits per heavy atom. The average Bonchev–Trinajstić information content (AvgIpc) is 2.62. The van der Waals surface area contributed by atoms with E-state index < -0.39 is 23.7 Å². The van der Waals surface area contributed by atoms with Crippen LogP contribution in [0.3, 0.4) is 0 Å². The van der Waals surface area contributed by atoms with Crippen molar-refractivity contribution in [1.82, 2.24) is 5.32 Å². The van der Waals surface area contributed by atoms with E-state index >= 15 is 0 Å². The van der Waals surface area contributed by atoms with Gasteiger partial charge in [-0.05, 0) is 72.1 Å². The van der Waals surface area contributed by atoms with Crippen molar-refractivity contribution in [2.45, 2.75) is 115 Å². The number of amides is 1. The molecule has 0 aromatic heterocycles. The van der Waals surface area contributed by atoms with E-state index in [4.69, 9.17) is 11.2 Å². The summed E-state index contributed by atoms with van der Waals surface area (Å²) in [4.78, 5) is 21.7. The van der Waals surface area contributed by atoms with Crippen molar-refractivity contribution >= 4 is 12.1 Å². The highest BCUT2D eigenvalue weighted by Crippen LogP contribution is 2.18. The van der Waals surface area contributed by atoms with E-state index in [2.05, 4.69) is 16.6 Å². The first kappa shape index (κ1) is 24.3. The van der Waals surface area contributed by atoms with E-state index in [0.29, 0.717) is 0 Å². The van der Waals surface area contributed by atoms with Crippen molar-refractivity contribution in [3.63, 3.8) is 0 Å². The summed E-state index contributed by atoms with van der Waals surface area (Å²) in [6, 6.07) is 0.776. The largest absolute Gasteiger partial charge is 0.548 e. The monoisotopic (exact) mass is 394 g/mol. The summed E-state index contributed by atoms with van der Waals surface area (Å²) in [5.74, 6) is 0.695. The molecular weight excluding hydrogens is 356 g/mol. The van der Waals surface area contributed by atoms with Gasteiger partial charge in [0.05, 0.1) is 24.1 Å². The first-order valence-electron chi connectivity index (χ1n) is 10.7. The van der Waals surface area contributed by atoms with Crippen molar-refractivity contribution in [3.05, 3.63) is 0 Å². The zero-order valence-corrected chi connectivity index (χ0v) is 17.8. The number of terminal acetylenes is 1. The summed E-state index contributed by atoms with van der Waals surface area (Å²) in [5.41, 5.74) is -0.684. The number of carbonyl (C=O) groups excluding carboxylic acids is 2. The lowest BCUT2D eigenvalue weighted by molar-refractivity contribution is -0.725. The fraction of sp³-hybridized carbons (Fsp3) is 0.818. The van der Waals surface area contributed by atoms with Gasteiger partial charge >= 0.3 is 6.09 Å². The average molecular weight is 395 g/mol. The molecule has 0 aromatic carbocycles. The van der Waals surface area contributed by atoms with Gasteiger partial charge in [0, 0.05) is 6.42 Å². The number of quaternary nitrogens is 1. The van der Waals surface area contributed by atoms with Gasteiger partial charge in [0.15, 0.2) is 0 Å². The van der Waals surface area contributed by atoms with Crippen LogP contribution < -0.4 is 15.7 Å². The SMILES string of the molecule is C#CC[C@H](NC(=O)OC(C)(C)C)C(=O)[O-].C1CCC([NH2+]C2CCCCC2)CC1. The molecule has 28 heavy (non-hydrogen) atoms. The Morgan fingerprint density at radius 3 is 1.89 bits per heavy atom. The minimum Gasteiger partial charge on any atom is -0.548 e. The number of carboxylic acids is 1. The standard InChI is InChI=1S/C12H23N.C10H15NO4/c1-3-7-11(8-4-1)13-12-9-5-2-6-10-12;1-5-6-7(8(12)13)11-9(14)15-10(2,3)4/h11-13H,1-10H2;1,7H,6H2,2-4H3,(H,11,14)(H,12,13)/t;7-/m.0/s1. The number of aliphatic carboxylic acids is 1. The quantitative estimate of drug-likeness (QED) is 0.696. The lowest BCUT2D eigenvalue weighted by Gasteiger charge is -2.27. The number of hydrogen-bond acceptors (Lipinski definition) is 4. The van der Waals surface area contributed by atoms with Gasteiger partial charge in [-0.2, -0.15) is 0 Å². The molecule has 1 atom stereocenters. The Kier molecular flexibility index (Phi) is 11.0. The number of carboxylic acid groups (broad SMARTS) is 1. The molecule has 0 aliphatic heterocycles. The Morgan fingerprint density at radius 1 is 1.07 bits per heavy atom. The van der Waals surface area contributed by atoms with Gasteiger partial charge in [0.25, 0.3) is 0 Å². The summed E-state index contributed by atoms with van der Waals surface area (Å²) < 4.78 is 4.85. The molecule has 2 rings (SSSR count). The lowest BCUT2D eigenvalue weighted by atomic mass is 9.91. The minimum absolute atomic E-state index is 0.137. The molecule has 0 spiro atoms. The van der Waals surface area contributed by atoms with E-state index in [1.807, 2.05) is 0 Å². The summed E-state index contributed by atoms with van der Waals surface area (Å²) in [6.07, 6.45) is 18.9. The second kappa shape index (κ2) is 12.7. The predicted octanol–water partition coefficient (Wildman–Crippen LogP) is 1.87. The molecule has 0 bridgehead atoms. The van der Waals surface area contributed by atoms with Crippen molar-refractivity contribution < 1.29 is 24.7 Å². The van der Waals surface area contributed by atoms with Gasteiger partial charge in [-0.1, -0.05) is 12.8 Å². The van der Waals surface area contributed by atoms with E-state index in [1.165, 1.54) is 64.2 Å². The zero-order chi connectivity index (χ0) is 21.0. The normalized spacial score (nSPS) is 19.5. The van der Waals surface area contributed by atoms with Crippen LogP contribution in [0.4, 0.5) is 4.79 Å². The van der Waals surface area contributed by atoms with Crippen molar-refractivity contribution in [3.8, 4) is 12.3 Å². The van der Waals surface area contributed by atoms with Gasteiger partial charge in [0.1, 0.15) is 5.60 Å². The van der Waals surface area contributed by atoms with Gasteiger partial charge in [-0.3, -0.25) is 0 Å². The maximum Gasteiger partial charge on any atom is 0.408 e. The first-order chi connectivity index (χ1) is 13.2. The van der Waals surface area contributed by atoms with Crippen molar-refractivity contribution in [2.24, 2.45) is 0 Å². The summed E-state index contributed by atoms with van der Waals surface area (Å²) in [5, 5.41) is 15.3. The van der Waals surface area contributed by atoms with Gasteiger partial charge in [-0.25, -0.2) is 4.79 Å². The molecule has 2 aliphatic carbocycles. The molecular formula is C22H38N2O4. The fourth-order valence-electron chi connectivity index (χ4n) is 3.80. The lowest BCUT2D eigenvalue weighted by Crippen LogP contribution is -2.95. The van der Waals surface area contributed by atoms with Crippen LogP contribution in [-0.2, 0) is 9.53 Å². The number of nitrogens with one attached hydrogen (secondary N) is 1. The summed E-state index contributed by atoms with van der Waals surface area (Å²) >= 11 is 0. The van der Waals surface area contributed by atoms with Crippen LogP contribution in [0, 0.1) is 12.3 Å². The maximum absolute atomic E-state index is 11.2. The third-order valence-electron chi connectivity index (χ3n) is 5.14. The third-order valence-corrected chi connectivity index (χ3v) is 5.14. The highest BCUT2D eigenvalue weighted by atomic mass is 16.6. The number of ether oxygens (including phenoxy) is 1. The van der Waals surface area contributed by atoms with Gasteiger partial charge in [0.2, 0.25) is 0 Å². The molecule has 2 aliphatic rings. The molecule has 1 amide bonds. The number of rotatable bonds is 5. The van der Waals surface area contributed by atoms with Gasteiger partial charge < -0.3 is 25.3 Å². The van der Waals surface area contributed by atoms with Crippen LogP contribution in [-0.4, -0.2) is 35.8 Å². The van der Waals surface area contributed by atoms with Crippen LogP contribution in [0.1, 0.15) is 91.4 Å². The molecule has 6 heteroatoms. The fourth-order valence-corrected chi connectivity index (χ4v) is 3.80. The third kappa shape index (κ3) is 11.2. The number of hydrogen-bond donors (Lipinski definition) is 2. The molecule has 2 fully saturated rings. The summed E-state index contributed by atoms with van der Waals surface area (Å²) in [6.45, 7) is 5.01. The topological polar surface area (TPSA) is 95.1 Å². The first-order valence-corrected chi connectivity index (χ1v) is 10.7. The molecule has 0 heterocycles. The van der Waals surface area contributed by atoms with Gasteiger partial charge in [-0.15, -0.1) is 12.3 Å². The van der Waals surface area contributed by atoms with Crippen LogP contribution >= 0.6 is 0 Å². The van der Waals surface area contributed by atoms with Crippen molar-refractivity contribution in [2.75, 3.05) is 0 Å². The van der Waals surface area contributed by atoms with Crippen molar-refractivity contribution in [1.29, 1.82) is 0 Å². The second-order valence-electron chi connectivity index (χ2n) is 8.91. The Bertz CT molecular complexity index is 494. The van der Waals surface area contributed by atoms with E-state index in [-0.39, 0.29) is 6.42 Å². The molecule has 0 aromatic rings. The molecule has 0 radical (unpaired) electrons. The molecule has 0 saturated heterocycles. The van der Waals surface area contributed by atoms with Crippen LogP contribution in [0.25, 0.3) is 0 Å². The summed E-state index contributed by atoms with van der Waals surface area (Å²) in [7, 11) is 0. The number of carbonyl (C=O) groups is 2. The number of alkyl carbamates (subject to hydrolysis) is 1. The Hall–Kier alpha value is -1.74. The maximum atomic E-state index is 11.2. The predicted molar refractivity (Wildman–Crippen MR) is 107 cm³/mol. The Balaban J connectivity index is 0.000000281. The minimum atomic E-state index is -1.43. The number of nitrogens with two attached hydrogens (primary N) is 1. The van der Waals surface area contributed by atoms with Crippen LogP contribution in [0.2, 0.25) is 0 Å². The molecule has 160 valence electrons. The molecule has 0 unspecified atom stereocenters. The highest BCUT2D eigenvalue weighted by molar-refractivity contribution is 5.79. The molecule has 3 N–H and O–H groups in total. The Labute approximate surface area is 170 Å². The highest BCUT2D eigenvalue weighted by Gasteiger charge is 2.23. The second-order valence-corrected chi connectivity index (χ2v) is 8.91. The van der Waals surface area contributed by atoms with Crippen LogP contribution in [0.5, 0.6) is 0 Å². The van der Waals surface area contributed by atoms with E-state index in [1.54, 1.807) is 20.8 Å². The molecule has 6 nitrogen and oxygen atoms in total. The van der Waals surface area contributed by atoms with E-state index in [9.17, 15) is 14.7 Å². The zero-order valence-electron chi connectivity index (χ0n) is 17.8. The van der Waals surface area contributed by atoms with Crippen LogP contribution in [0.15, 0.2) is 0 Å².